The van der Waals surface area contributed by atoms with Crippen molar-refractivity contribution in [3.8, 4) is 0 Å². The third kappa shape index (κ3) is 3.99. The average molecular weight is 207 g/mol. The van der Waals surface area contributed by atoms with Crippen LogP contribution in [0, 0.1) is 0 Å². The number of carbonyl (C=O) groups is 1. The Hall–Kier alpha value is -0.240. The van der Waals surface area contributed by atoms with Gasteiger partial charge in [-0.1, -0.05) is 13.8 Å². The lowest BCUT2D eigenvalue weighted by Crippen LogP contribution is -2.37. The van der Waals surface area contributed by atoms with E-state index in [9.17, 15) is 4.79 Å². The Morgan fingerprint density at radius 2 is 1.69 bits per heavy atom. The smallest absolute Gasteiger partial charge is 0.327 e. The Morgan fingerprint density at radius 3 is 2.00 bits per heavy atom. The molecule has 0 radical (unpaired) electrons. The molecular weight excluding hydrogens is 188 g/mol. The Bertz CT molecular complexity index is 185. The summed E-state index contributed by atoms with van der Waals surface area (Å²) in [5.74, 6) is -0.330. The first-order valence-corrected chi connectivity index (χ1v) is 5.05. The van der Waals surface area contributed by atoms with Crippen LogP contribution in [0.3, 0.4) is 0 Å². The summed E-state index contributed by atoms with van der Waals surface area (Å²) in [6, 6.07) is 0. The number of hydrogen-bond acceptors (Lipinski definition) is 2. The summed E-state index contributed by atoms with van der Waals surface area (Å²) in [6.45, 7) is 9.29. The largest absolute Gasteiger partial charge is 0.458 e. The van der Waals surface area contributed by atoms with Crippen LogP contribution < -0.4 is 0 Å². The molecule has 0 aliphatic heterocycles. The zero-order chi connectivity index (χ0) is 10.7. The molecule has 3 heteroatoms. The molecule has 0 aromatic heterocycles. The summed E-state index contributed by atoms with van der Waals surface area (Å²) < 4.78 is 5.27. The van der Waals surface area contributed by atoms with E-state index in [4.69, 9.17) is 16.3 Å². The Balaban J connectivity index is 4.31. The molecule has 1 atom stereocenters. The minimum Gasteiger partial charge on any atom is -0.458 e. The van der Waals surface area contributed by atoms with E-state index >= 15 is 0 Å². The van der Waals surface area contributed by atoms with Gasteiger partial charge in [-0.15, -0.1) is 11.6 Å². The van der Waals surface area contributed by atoms with E-state index in [2.05, 4.69) is 0 Å². The third-order valence-electron chi connectivity index (χ3n) is 2.31. The van der Waals surface area contributed by atoms with Crippen LogP contribution in [0.15, 0.2) is 0 Å². The lowest BCUT2D eigenvalue weighted by Gasteiger charge is -2.28. The molecule has 0 aliphatic rings. The second-order valence-electron chi connectivity index (χ2n) is 4.05. The molecule has 13 heavy (non-hydrogen) atoms. The van der Waals surface area contributed by atoms with Crippen molar-refractivity contribution >= 4 is 17.6 Å². The van der Waals surface area contributed by atoms with Crippen LogP contribution in [-0.2, 0) is 9.53 Å². The minimum atomic E-state index is -0.882. The Labute approximate surface area is 85.6 Å². The molecule has 0 heterocycles. The van der Waals surface area contributed by atoms with E-state index in [1.165, 1.54) is 0 Å². The molecule has 0 bridgehead atoms. The second-order valence-corrected chi connectivity index (χ2v) is 4.89. The maximum atomic E-state index is 11.5. The van der Waals surface area contributed by atoms with Crippen LogP contribution in [0.2, 0.25) is 0 Å². The van der Waals surface area contributed by atoms with Gasteiger partial charge >= 0.3 is 5.97 Å². The number of alkyl halides is 1. The van der Waals surface area contributed by atoms with Crippen molar-refractivity contribution in [3.63, 3.8) is 0 Å². The maximum Gasteiger partial charge on any atom is 0.327 e. The van der Waals surface area contributed by atoms with Crippen molar-refractivity contribution in [3.05, 3.63) is 0 Å². The van der Waals surface area contributed by atoms with Gasteiger partial charge in [0.05, 0.1) is 0 Å². The summed E-state index contributed by atoms with van der Waals surface area (Å²) in [5.41, 5.74) is -0.414. The molecule has 1 unspecified atom stereocenters. The van der Waals surface area contributed by atoms with Gasteiger partial charge in [-0.25, -0.2) is 0 Å². The SMILES string of the molecule is CCC(C)(C)OC(=O)C(C)(Cl)CC. The van der Waals surface area contributed by atoms with Crippen molar-refractivity contribution in [1.29, 1.82) is 0 Å². The number of esters is 1. The lowest BCUT2D eigenvalue weighted by atomic mass is 10.1. The second kappa shape index (κ2) is 4.32. The molecule has 0 rings (SSSR count). The molecule has 0 saturated heterocycles. The van der Waals surface area contributed by atoms with Crippen molar-refractivity contribution in [1.82, 2.24) is 0 Å². The molecule has 0 spiro atoms. The molecule has 0 aromatic rings. The van der Waals surface area contributed by atoms with Crippen molar-refractivity contribution in [2.75, 3.05) is 0 Å². The van der Waals surface area contributed by atoms with E-state index in [1.54, 1.807) is 6.92 Å². The quantitative estimate of drug-likeness (QED) is 0.522. The van der Waals surface area contributed by atoms with E-state index < -0.39 is 10.5 Å². The normalized spacial score (nSPS) is 16.5. The van der Waals surface area contributed by atoms with Gasteiger partial charge in [0.15, 0.2) is 0 Å². The van der Waals surface area contributed by atoms with Gasteiger partial charge in [-0.2, -0.15) is 0 Å². The summed E-state index contributed by atoms with van der Waals surface area (Å²) >= 11 is 5.96. The number of carbonyl (C=O) groups excluding carboxylic acids is 1. The summed E-state index contributed by atoms with van der Waals surface area (Å²) in [6.07, 6.45) is 1.36. The maximum absolute atomic E-state index is 11.5. The molecule has 2 nitrogen and oxygen atoms in total. The molecule has 0 N–H and O–H groups in total. The van der Waals surface area contributed by atoms with Gasteiger partial charge in [-0.05, 0) is 33.6 Å². The van der Waals surface area contributed by atoms with Gasteiger partial charge in [-0.3, -0.25) is 4.79 Å². The van der Waals surface area contributed by atoms with E-state index in [1.807, 2.05) is 27.7 Å². The monoisotopic (exact) mass is 206 g/mol. The first-order valence-electron chi connectivity index (χ1n) is 4.67. The van der Waals surface area contributed by atoms with Crippen LogP contribution in [-0.4, -0.2) is 16.4 Å². The molecule has 0 fully saturated rings. The predicted molar refractivity (Wildman–Crippen MR) is 55.0 cm³/mol. The van der Waals surface area contributed by atoms with Crippen LogP contribution in [0.5, 0.6) is 0 Å². The number of halogens is 1. The topological polar surface area (TPSA) is 26.3 Å². The summed E-state index contributed by atoms with van der Waals surface area (Å²) in [4.78, 5) is 10.6. The zero-order valence-corrected chi connectivity index (χ0v) is 9.86. The zero-order valence-electron chi connectivity index (χ0n) is 9.11. The van der Waals surface area contributed by atoms with Crippen LogP contribution in [0.1, 0.15) is 47.5 Å². The molecule has 0 aromatic carbocycles. The number of rotatable bonds is 4. The predicted octanol–water partition coefficient (Wildman–Crippen LogP) is 3.13. The van der Waals surface area contributed by atoms with Gasteiger partial charge in [0.25, 0.3) is 0 Å². The van der Waals surface area contributed by atoms with Gasteiger partial charge < -0.3 is 4.74 Å². The minimum absolute atomic E-state index is 0.330. The van der Waals surface area contributed by atoms with Crippen LogP contribution >= 0.6 is 11.6 Å². The molecule has 0 amide bonds. The Kier molecular flexibility index (Phi) is 4.24. The third-order valence-corrected chi connectivity index (χ3v) is 2.73. The van der Waals surface area contributed by atoms with Gasteiger partial charge in [0, 0.05) is 0 Å². The summed E-state index contributed by atoms with van der Waals surface area (Å²) in [7, 11) is 0. The number of hydrogen-bond donors (Lipinski definition) is 0. The van der Waals surface area contributed by atoms with E-state index in [0.29, 0.717) is 6.42 Å². The van der Waals surface area contributed by atoms with Gasteiger partial charge in [0.1, 0.15) is 10.5 Å². The molecular formula is C10H19ClO2. The Morgan fingerprint density at radius 1 is 1.23 bits per heavy atom. The summed E-state index contributed by atoms with van der Waals surface area (Å²) in [5, 5.41) is 0. The van der Waals surface area contributed by atoms with E-state index in [-0.39, 0.29) is 5.97 Å². The van der Waals surface area contributed by atoms with E-state index in [0.717, 1.165) is 6.42 Å². The highest BCUT2D eigenvalue weighted by Gasteiger charge is 2.34. The molecule has 78 valence electrons. The average Bonchev–Trinajstić information content (AvgIpc) is 2.04. The van der Waals surface area contributed by atoms with Crippen molar-refractivity contribution < 1.29 is 9.53 Å². The molecule has 0 aliphatic carbocycles. The molecule has 0 saturated carbocycles. The highest BCUT2D eigenvalue weighted by Crippen LogP contribution is 2.24. The standard InChI is InChI=1S/C10H19ClO2/c1-6-9(3,4)13-8(12)10(5,11)7-2/h6-7H2,1-5H3. The lowest BCUT2D eigenvalue weighted by molar-refractivity contribution is -0.159. The fraction of sp³-hybridized carbons (Fsp3) is 0.900. The highest BCUT2D eigenvalue weighted by atomic mass is 35.5. The van der Waals surface area contributed by atoms with Crippen molar-refractivity contribution in [2.24, 2.45) is 0 Å². The van der Waals surface area contributed by atoms with Crippen LogP contribution in [0.4, 0.5) is 0 Å². The van der Waals surface area contributed by atoms with Crippen LogP contribution in [0.25, 0.3) is 0 Å². The van der Waals surface area contributed by atoms with Crippen molar-refractivity contribution in [2.45, 2.75) is 57.9 Å². The number of ether oxygens (including phenoxy) is 1. The first-order chi connectivity index (χ1) is 5.75. The first kappa shape index (κ1) is 12.8. The fourth-order valence-corrected chi connectivity index (χ4v) is 0.612. The van der Waals surface area contributed by atoms with Gasteiger partial charge in [0.2, 0.25) is 0 Å². The fourth-order valence-electron chi connectivity index (χ4n) is 0.574. The highest BCUT2D eigenvalue weighted by molar-refractivity contribution is 6.33.